The molecule has 0 aromatic carbocycles. The molecule has 0 amide bonds. The molecule has 1 atom stereocenters. The maximum atomic E-state index is 12.6. The van der Waals surface area contributed by atoms with E-state index in [0.717, 1.165) is 13.0 Å². The van der Waals surface area contributed by atoms with Crippen molar-refractivity contribution in [3.05, 3.63) is 0 Å². The highest BCUT2D eigenvalue weighted by atomic mass is 19.4. The highest BCUT2D eigenvalue weighted by molar-refractivity contribution is 4.84. The number of halogens is 3. The summed E-state index contributed by atoms with van der Waals surface area (Å²) in [6, 6.07) is 0.620. The average molecular weight is 294 g/mol. The summed E-state index contributed by atoms with van der Waals surface area (Å²) in [6.07, 6.45) is -1.10. The molecular formula is C15H29F3N2. The van der Waals surface area contributed by atoms with Crippen LogP contribution in [-0.4, -0.2) is 43.8 Å². The number of rotatable bonds is 6. The first-order valence-corrected chi connectivity index (χ1v) is 7.66. The Morgan fingerprint density at radius 2 is 1.65 bits per heavy atom. The second-order valence-electron chi connectivity index (χ2n) is 6.85. The SMILES string of the molecule is CC(C)CC(CN(C)C)NC1CCC(C(F)(F)F)CC1. The summed E-state index contributed by atoms with van der Waals surface area (Å²) in [7, 11) is 4.07. The Labute approximate surface area is 121 Å². The average Bonchev–Trinajstić information content (AvgIpc) is 2.26. The largest absolute Gasteiger partial charge is 0.391 e. The lowest BCUT2D eigenvalue weighted by molar-refractivity contribution is -0.182. The maximum Gasteiger partial charge on any atom is 0.391 e. The highest BCUT2D eigenvalue weighted by Crippen LogP contribution is 2.37. The Kier molecular flexibility index (Phi) is 6.79. The lowest BCUT2D eigenvalue weighted by Crippen LogP contribution is -2.46. The van der Waals surface area contributed by atoms with Crippen LogP contribution in [0.4, 0.5) is 13.2 Å². The van der Waals surface area contributed by atoms with Crippen molar-refractivity contribution in [3.8, 4) is 0 Å². The Morgan fingerprint density at radius 1 is 1.10 bits per heavy atom. The monoisotopic (exact) mass is 294 g/mol. The predicted octanol–water partition coefficient (Wildman–Crippen LogP) is 3.67. The lowest BCUT2D eigenvalue weighted by Gasteiger charge is -2.34. The first-order chi connectivity index (χ1) is 9.18. The second kappa shape index (κ2) is 7.64. The smallest absolute Gasteiger partial charge is 0.310 e. The first kappa shape index (κ1) is 17.8. The number of hydrogen-bond donors (Lipinski definition) is 1. The van der Waals surface area contributed by atoms with Gasteiger partial charge in [0.25, 0.3) is 0 Å². The molecule has 0 bridgehead atoms. The van der Waals surface area contributed by atoms with E-state index in [9.17, 15) is 13.2 Å². The van der Waals surface area contributed by atoms with Crippen molar-refractivity contribution >= 4 is 0 Å². The van der Waals surface area contributed by atoms with Crippen LogP contribution in [0.25, 0.3) is 0 Å². The van der Waals surface area contributed by atoms with Gasteiger partial charge in [-0.2, -0.15) is 13.2 Å². The summed E-state index contributed by atoms with van der Waals surface area (Å²) in [5, 5.41) is 3.58. The number of alkyl halides is 3. The molecule has 0 saturated heterocycles. The Balaban J connectivity index is 2.42. The van der Waals surface area contributed by atoms with E-state index in [1.54, 1.807) is 0 Å². The molecule has 1 aliphatic rings. The molecule has 5 heteroatoms. The zero-order valence-corrected chi connectivity index (χ0v) is 13.1. The van der Waals surface area contributed by atoms with Crippen LogP contribution in [0.1, 0.15) is 46.0 Å². The summed E-state index contributed by atoms with van der Waals surface area (Å²) in [4.78, 5) is 2.14. The van der Waals surface area contributed by atoms with Gasteiger partial charge in [-0.25, -0.2) is 0 Å². The van der Waals surface area contributed by atoms with Crippen molar-refractivity contribution in [3.63, 3.8) is 0 Å². The molecule has 0 aromatic rings. The van der Waals surface area contributed by atoms with Crippen molar-refractivity contribution in [2.24, 2.45) is 11.8 Å². The van der Waals surface area contributed by atoms with E-state index in [0.29, 0.717) is 24.8 Å². The molecule has 0 radical (unpaired) electrons. The fourth-order valence-electron chi connectivity index (χ4n) is 3.13. The van der Waals surface area contributed by atoms with E-state index in [-0.39, 0.29) is 18.9 Å². The molecule has 1 N–H and O–H groups in total. The quantitative estimate of drug-likeness (QED) is 0.804. The van der Waals surface area contributed by atoms with Crippen molar-refractivity contribution in [2.75, 3.05) is 20.6 Å². The predicted molar refractivity (Wildman–Crippen MR) is 76.7 cm³/mol. The van der Waals surface area contributed by atoms with Gasteiger partial charge in [0.15, 0.2) is 0 Å². The van der Waals surface area contributed by atoms with E-state index in [4.69, 9.17) is 0 Å². The van der Waals surface area contributed by atoms with Crippen molar-refractivity contribution in [1.29, 1.82) is 0 Å². The van der Waals surface area contributed by atoms with Crippen LogP contribution in [0.15, 0.2) is 0 Å². The molecule has 0 heterocycles. The van der Waals surface area contributed by atoms with Crippen LogP contribution >= 0.6 is 0 Å². The van der Waals surface area contributed by atoms with Crippen molar-refractivity contribution in [1.82, 2.24) is 10.2 Å². The minimum Gasteiger partial charge on any atom is -0.310 e. The van der Waals surface area contributed by atoms with Gasteiger partial charge in [-0.3, -0.25) is 0 Å². The summed E-state index contributed by atoms with van der Waals surface area (Å²) >= 11 is 0. The molecular weight excluding hydrogens is 265 g/mol. The summed E-state index contributed by atoms with van der Waals surface area (Å²) in [5.74, 6) is -0.489. The second-order valence-corrected chi connectivity index (χ2v) is 6.85. The van der Waals surface area contributed by atoms with Gasteiger partial charge in [0, 0.05) is 18.6 Å². The van der Waals surface area contributed by atoms with E-state index in [2.05, 4.69) is 24.1 Å². The van der Waals surface area contributed by atoms with Gasteiger partial charge in [0.05, 0.1) is 5.92 Å². The number of nitrogens with zero attached hydrogens (tertiary/aromatic N) is 1. The van der Waals surface area contributed by atoms with Crippen LogP contribution in [0.5, 0.6) is 0 Å². The molecule has 120 valence electrons. The topological polar surface area (TPSA) is 15.3 Å². The lowest BCUT2D eigenvalue weighted by atomic mass is 9.85. The van der Waals surface area contributed by atoms with Crippen LogP contribution < -0.4 is 5.32 Å². The van der Waals surface area contributed by atoms with Crippen LogP contribution in [0.3, 0.4) is 0 Å². The standard InChI is InChI=1S/C15H29F3N2/c1-11(2)9-14(10-20(3)4)19-13-7-5-12(6-8-13)15(16,17)18/h11-14,19H,5-10H2,1-4H3. The third kappa shape index (κ3) is 6.44. The van der Waals surface area contributed by atoms with Crippen LogP contribution in [0.2, 0.25) is 0 Å². The molecule has 1 fully saturated rings. The van der Waals surface area contributed by atoms with E-state index in [1.807, 2.05) is 14.1 Å². The van der Waals surface area contributed by atoms with Crippen molar-refractivity contribution < 1.29 is 13.2 Å². The zero-order valence-electron chi connectivity index (χ0n) is 13.1. The number of hydrogen-bond acceptors (Lipinski definition) is 2. The Bertz CT molecular complexity index is 259. The molecule has 1 unspecified atom stereocenters. The fourth-order valence-corrected chi connectivity index (χ4v) is 3.13. The minimum absolute atomic E-state index is 0.247. The minimum atomic E-state index is -4.01. The number of likely N-dealkylation sites (N-methyl/N-ethyl adjacent to an activating group) is 1. The molecule has 1 saturated carbocycles. The maximum absolute atomic E-state index is 12.6. The van der Waals surface area contributed by atoms with Gasteiger partial charge in [0.1, 0.15) is 0 Å². The number of nitrogens with one attached hydrogen (secondary N) is 1. The van der Waals surface area contributed by atoms with Crippen LogP contribution in [0, 0.1) is 11.8 Å². The molecule has 0 spiro atoms. The zero-order chi connectivity index (χ0) is 15.3. The molecule has 2 nitrogen and oxygen atoms in total. The third-order valence-electron chi connectivity index (χ3n) is 4.00. The van der Waals surface area contributed by atoms with Gasteiger partial charge < -0.3 is 10.2 Å². The highest BCUT2D eigenvalue weighted by Gasteiger charge is 2.41. The van der Waals surface area contributed by atoms with Crippen molar-refractivity contribution in [2.45, 2.75) is 64.2 Å². The first-order valence-electron chi connectivity index (χ1n) is 7.66. The molecule has 1 aliphatic carbocycles. The third-order valence-corrected chi connectivity index (χ3v) is 4.00. The molecule has 0 aromatic heterocycles. The van der Waals surface area contributed by atoms with Gasteiger partial charge in [-0.1, -0.05) is 13.8 Å². The molecule has 20 heavy (non-hydrogen) atoms. The van der Waals surface area contributed by atoms with Gasteiger partial charge in [0.2, 0.25) is 0 Å². The van der Waals surface area contributed by atoms with E-state index < -0.39 is 12.1 Å². The molecule has 1 rings (SSSR count). The van der Waals surface area contributed by atoms with Gasteiger partial charge >= 0.3 is 6.18 Å². The van der Waals surface area contributed by atoms with E-state index in [1.165, 1.54) is 0 Å². The molecule has 0 aliphatic heterocycles. The summed E-state index contributed by atoms with van der Waals surface area (Å²) in [5.41, 5.74) is 0. The Morgan fingerprint density at radius 3 is 2.05 bits per heavy atom. The van der Waals surface area contributed by atoms with Gasteiger partial charge in [-0.05, 0) is 52.1 Å². The summed E-state index contributed by atoms with van der Waals surface area (Å²) < 4.78 is 37.9. The Hall–Kier alpha value is -0.290. The summed E-state index contributed by atoms with van der Waals surface area (Å²) in [6.45, 7) is 5.31. The van der Waals surface area contributed by atoms with Gasteiger partial charge in [-0.15, -0.1) is 0 Å². The van der Waals surface area contributed by atoms with Crippen LogP contribution in [-0.2, 0) is 0 Å². The van der Waals surface area contributed by atoms with E-state index >= 15 is 0 Å². The fraction of sp³-hybridized carbons (Fsp3) is 1.00. The normalized spacial score (nSPS) is 26.2.